The molecule has 0 amide bonds. The lowest BCUT2D eigenvalue weighted by atomic mass is 9.96. The molecule has 0 saturated heterocycles. The normalized spacial score (nSPS) is 15.7. The molecule has 0 N–H and O–H groups in total. The van der Waals surface area contributed by atoms with E-state index in [9.17, 15) is 19.2 Å². The van der Waals surface area contributed by atoms with Gasteiger partial charge in [0.1, 0.15) is 0 Å². The maximum Gasteiger partial charge on any atom is 0.347 e. The monoisotopic (exact) mass is 396 g/mol. The molecule has 7 heteroatoms. The van der Waals surface area contributed by atoms with Gasteiger partial charge in [-0.05, 0) is 11.1 Å². The highest BCUT2D eigenvalue weighted by Gasteiger charge is 2.34. The number of ether oxygens (including phenoxy) is 2. The van der Waals surface area contributed by atoms with Gasteiger partial charge in [0.15, 0.2) is 0 Å². The van der Waals surface area contributed by atoms with E-state index in [1.165, 1.54) is 0 Å². The zero-order valence-electron chi connectivity index (χ0n) is 14.4. The van der Waals surface area contributed by atoms with Crippen molar-refractivity contribution in [2.45, 2.75) is 0 Å². The fourth-order valence-corrected chi connectivity index (χ4v) is 2.79. The molecule has 0 bridgehead atoms. The minimum absolute atomic E-state index is 0.0323. The molecule has 4 rings (SSSR count). The summed E-state index contributed by atoms with van der Waals surface area (Å²) in [6.45, 7) is 0. The average molecular weight is 397 g/mol. The topological polar surface area (TPSA) is 86.7 Å². The van der Waals surface area contributed by atoms with Crippen molar-refractivity contribution in [3.63, 3.8) is 0 Å². The molecule has 0 saturated carbocycles. The van der Waals surface area contributed by atoms with Crippen LogP contribution in [-0.2, 0) is 28.7 Å². The van der Waals surface area contributed by atoms with E-state index in [0.717, 1.165) is 6.08 Å². The van der Waals surface area contributed by atoms with Crippen molar-refractivity contribution in [1.82, 2.24) is 0 Å². The van der Waals surface area contributed by atoms with E-state index in [2.05, 4.69) is 4.74 Å². The fourth-order valence-electron chi connectivity index (χ4n) is 2.61. The number of alkyl halides is 1. The molecule has 0 aliphatic carbocycles. The van der Waals surface area contributed by atoms with Gasteiger partial charge < -0.3 is 9.47 Å². The number of hydrogen-bond acceptors (Lipinski definition) is 6. The van der Waals surface area contributed by atoms with E-state index in [1.54, 1.807) is 24.3 Å². The van der Waals surface area contributed by atoms with Crippen LogP contribution >= 0.6 is 11.6 Å². The summed E-state index contributed by atoms with van der Waals surface area (Å²) in [4.78, 5) is 44.4. The van der Waals surface area contributed by atoms with Crippen LogP contribution in [0.5, 0.6) is 0 Å². The molecule has 0 unspecified atom stereocenters. The van der Waals surface area contributed by atoms with Crippen LogP contribution in [0.15, 0.2) is 72.3 Å². The largest absolute Gasteiger partial charge is 0.386 e. The number of rotatable bonds is 3. The summed E-state index contributed by atoms with van der Waals surface area (Å²) in [6.07, 6.45) is 1.09. The molecule has 2 aromatic rings. The lowest BCUT2D eigenvalue weighted by molar-refractivity contribution is -0.151. The first-order valence-electron chi connectivity index (χ1n) is 8.15. The van der Waals surface area contributed by atoms with Gasteiger partial charge in [-0.1, -0.05) is 60.7 Å². The molecular weight excluding hydrogens is 384 g/mol. The Balaban J connectivity index is 0.000000211. The first-order chi connectivity index (χ1) is 13.5. The third kappa shape index (κ3) is 4.07. The number of carbonyl (C=O) groups is 4. The van der Waals surface area contributed by atoms with Crippen LogP contribution in [0.3, 0.4) is 0 Å². The molecule has 6 nitrogen and oxygen atoms in total. The van der Waals surface area contributed by atoms with E-state index >= 15 is 0 Å². The van der Waals surface area contributed by atoms with Gasteiger partial charge in [-0.15, -0.1) is 11.6 Å². The zero-order valence-corrected chi connectivity index (χ0v) is 15.1. The van der Waals surface area contributed by atoms with Gasteiger partial charge in [0, 0.05) is 6.08 Å². The van der Waals surface area contributed by atoms with Gasteiger partial charge in [0.05, 0.1) is 22.6 Å². The quantitative estimate of drug-likeness (QED) is 0.450. The van der Waals surface area contributed by atoms with Gasteiger partial charge in [-0.2, -0.15) is 0 Å². The first kappa shape index (κ1) is 19.3. The van der Waals surface area contributed by atoms with Gasteiger partial charge in [-0.3, -0.25) is 0 Å². The second-order valence-corrected chi connectivity index (χ2v) is 5.94. The number of esters is 4. The van der Waals surface area contributed by atoms with E-state index in [1.807, 2.05) is 36.4 Å². The number of hydrogen-bond donors (Lipinski definition) is 0. The Morgan fingerprint density at radius 1 is 0.643 bits per heavy atom. The van der Waals surface area contributed by atoms with Crippen molar-refractivity contribution in [3.8, 4) is 0 Å². The minimum atomic E-state index is -0.630. The predicted octanol–water partition coefficient (Wildman–Crippen LogP) is 2.92. The van der Waals surface area contributed by atoms with Gasteiger partial charge in [-0.25, -0.2) is 19.2 Å². The number of carbonyl (C=O) groups excluding carboxylic acids is 4. The maximum absolute atomic E-state index is 11.9. The third-order valence-electron chi connectivity index (χ3n) is 3.86. The van der Waals surface area contributed by atoms with Crippen LogP contribution in [0.1, 0.15) is 11.1 Å². The molecule has 2 aliphatic rings. The molecule has 0 atom stereocenters. The van der Waals surface area contributed by atoms with Crippen molar-refractivity contribution in [2.24, 2.45) is 0 Å². The summed E-state index contributed by atoms with van der Waals surface area (Å²) in [5, 5.41) is 0. The highest BCUT2D eigenvalue weighted by atomic mass is 35.5. The summed E-state index contributed by atoms with van der Waals surface area (Å²) in [6, 6.07) is 18.2. The van der Waals surface area contributed by atoms with E-state index < -0.39 is 23.9 Å². The van der Waals surface area contributed by atoms with Gasteiger partial charge in [0.2, 0.25) is 0 Å². The molecule has 2 aromatic carbocycles. The second-order valence-electron chi connectivity index (χ2n) is 5.67. The van der Waals surface area contributed by atoms with E-state index in [4.69, 9.17) is 16.3 Å². The van der Waals surface area contributed by atoms with Crippen molar-refractivity contribution >= 4 is 46.6 Å². The standard InChI is InChI=1S/C16H10O3.C5H3ClO3/c17-15-13(11-7-3-1-4-8-11)14(16(18)19-15)12-9-5-2-6-10-12;6-2-3-1-4(7)9-5(3)8/h1-10H;1H,2H2. The molecule has 0 aromatic heterocycles. The van der Waals surface area contributed by atoms with Crippen LogP contribution in [-0.4, -0.2) is 29.8 Å². The summed E-state index contributed by atoms with van der Waals surface area (Å²) in [5.41, 5.74) is 2.27. The maximum atomic E-state index is 11.9. The third-order valence-corrected chi connectivity index (χ3v) is 4.15. The highest BCUT2D eigenvalue weighted by Crippen LogP contribution is 2.33. The lowest BCUT2D eigenvalue weighted by Gasteiger charge is -2.02. The average Bonchev–Trinajstić information content (AvgIpc) is 3.20. The Labute approximate surface area is 165 Å². The molecular formula is C21H13ClO6. The fraction of sp³-hybridized carbons (Fsp3) is 0.0476. The molecule has 2 aliphatic heterocycles. The Bertz CT molecular complexity index is 946. The molecule has 140 valence electrons. The summed E-state index contributed by atoms with van der Waals surface area (Å²) in [7, 11) is 0. The van der Waals surface area contributed by atoms with Crippen LogP contribution in [0, 0.1) is 0 Å². The SMILES string of the molecule is O=C1C=C(CCl)C(=O)O1.O=C1OC(=O)C(c2ccccc2)=C1c1ccccc1. The van der Waals surface area contributed by atoms with E-state index in [0.29, 0.717) is 22.3 Å². The van der Waals surface area contributed by atoms with Gasteiger partial charge >= 0.3 is 23.9 Å². The predicted molar refractivity (Wildman–Crippen MR) is 101 cm³/mol. The smallest absolute Gasteiger partial charge is 0.347 e. The molecule has 28 heavy (non-hydrogen) atoms. The van der Waals surface area contributed by atoms with Crippen LogP contribution in [0.2, 0.25) is 0 Å². The summed E-state index contributed by atoms with van der Waals surface area (Å²) in [5.74, 6) is -2.40. The Morgan fingerprint density at radius 2 is 1.11 bits per heavy atom. The second kappa shape index (κ2) is 8.45. The molecule has 2 heterocycles. The lowest BCUT2D eigenvalue weighted by Crippen LogP contribution is -2.02. The Hall–Kier alpha value is -3.51. The Kier molecular flexibility index (Phi) is 5.81. The minimum Gasteiger partial charge on any atom is -0.386 e. The number of halogens is 1. The summed E-state index contributed by atoms with van der Waals surface area (Å²) >= 11 is 5.25. The first-order valence-corrected chi connectivity index (χ1v) is 8.69. The van der Waals surface area contributed by atoms with Crippen molar-refractivity contribution in [2.75, 3.05) is 5.88 Å². The van der Waals surface area contributed by atoms with Gasteiger partial charge in [0.25, 0.3) is 0 Å². The number of benzene rings is 2. The Morgan fingerprint density at radius 3 is 1.43 bits per heavy atom. The van der Waals surface area contributed by atoms with E-state index in [-0.39, 0.29) is 11.5 Å². The zero-order chi connectivity index (χ0) is 20.1. The molecule has 0 fully saturated rings. The van der Waals surface area contributed by atoms with Crippen LogP contribution in [0.4, 0.5) is 0 Å². The highest BCUT2D eigenvalue weighted by molar-refractivity contribution is 6.44. The van der Waals surface area contributed by atoms with Crippen molar-refractivity contribution < 1.29 is 28.7 Å². The van der Waals surface area contributed by atoms with Crippen molar-refractivity contribution in [1.29, 1.82) is 0 Å². The van der Waals surface area contributed by atoms with Crippen LogP contribution in [0.25, 0.3) is 11.1 Å². The molecule has 0 radical (unpaired) electrons. The van der Waals surface area contributed by atoms with Crippen LogP contribution < -0.4 is 0 Å². The molecule has 0 spiro atoms. The summed E-state index contributed by atoms with van der Waals surface area (Å²) < 4.78 is 8.85. The number of cyclic esters (lactones) is 4. The van der Waals surface area contributed by atoms with Crippen molar-refractivity contribution in [3.05, 3.63) is 83.4 Å².